The van der Waals surface area contributed by atoms with Gasteiger partial charge in [0.15, 0.2) is 0 Å². The van der Waals surface area contributed by atoms with Crippen LogP contribution in [0.25, 0.3) is 0 Å². The number of rotatable bonds is 0. The molecule has 0 saturated heterocycles. The molecule has 2 bridgehead atoms. The highest BCUT2D eigenvalue weighted by molar-refractivity contribution is 5.06. The smallest absolute Gasteiger partial charge is 0.0295 e. The van der Waals surface area contributed by atoms with Crippen LogP contribution < -0.4 is 0 Å². The molecular formula is C15H30. The zero-order chi connectivity index (χ0) is 10.7. The Balaban J connectivity index is 0.00000112. The van der Waals surface area contributed by atoms with Gasteiger partial charge in [-0.05, 0) is 47.3 Å². The van der Waals surface area contributed by atoms with Gasteiger partial charge in [0.25, 0.3) is 0 Å². The number of hydrogen-bond donors (Lipinski definition) is 0. The Bertz CT molecular complexity index is 231. The van der Waals surface area contributed by atoms with E-state index in [1.807, 2.05) is 0 Å². The fourth-order valence-corrected chi connectivity index (χ4v) is 4.29. The third kappa shape index (κ3) is 1.74. The quantitative estimate of drug-likeness (QED) is 0.528. The lowest BCUT2D eigenvalue weighted by Gasteiger charge is -2.64. The predicted molar refractivity (Wildman–Crippen MR) is 68.8 cm³/mol. The monoisotopic (exact) mass is 210 g/mol. The maximum atomic E-state index is 2.50. The van der Waals surface area contributed by atoms with Crippen molar-refractivity contribution in [1.29, 1.82) is 0 Å². The molecule has 3 rings (SSSR count). The molecular weight excluding hydrogens is 180 g/mol. The standard InChI is InChI=1S/C14H26.CH4/c1-9-11(13(2,3)4)7-10-8-12(9)14(10,5)6;/h9-12H,7-8H2,1-6H3;1H4. The van der Waals surface area contributed by atoms with Crippen LogP contribution in [0.3, 0.4) is 0 Å². The van der Waals surface area contributed by atoms with E-state index in [1.54, 1.807) is 0 Å². The summed E-state index contributed by atoms with van der Waals surface area (Å²) in [5.74, 6) is 3.92. The average Bonchev–Trinajstić information content (AvgIpc) is 2.01. The van der Waals surface area contributed by atoms with E-state index in [0.717, 1.165) is 23.7 Å². The fourth-order valence-electron chi connectivity index (χ4n) is 4.29. The van der Waals surface area contributed by atoms with Crippen molar-refractivity contribution in [3.05, 3.63) is 0 Å². The summed E-state index contributed by atoms with van der Waals surface area (Å²) in [7, 11) is 0. The van der Waals surface area contributed by atoms with Gasteiger partial charge in [-0.3, -0.25) is 0 Å². The SMILES string of the molecule is C.CC1C(C(C)(C)C)CC2CC1C2(C)C. The van der Waals surface area contributed by atoms with Crippen molar-refractivity contribution in [2.45, 2.75) is 61.8 Å². The first kappa shape index (κ1) is 13.1. The van der Waals surface area contributed by atoms with Gasteiger partial charge in [0.1, 0.15) is 0 Å². The topological polar surface area (TPSA) is 0 Å². The van der Waals surface area contributed by atoms with Crippen LogP contribution in [0.1, 0.15) is 61.8 Å². The Hall–Kier alpha value is 0. The van der Waals surface area contributed by atoms with Gasteiger partial charge in [0.2, 0.25) is 0 Å². The molecule has 0 aromatic rings. The molecule has 0 heteroatoms. The first-order chi connectivity index (χ1) is 6.24. The van der Waals surface area contributed by atoms with Gasteiger partial charge in [-0.2, -0.15) is 0 Å². The Morgan fingerprint density at radius 1 is 1.07 bits per heavy atom. The zero-order valence-corrected chi connectivity index (χ0v) is 10.7. The third-order valence-corrected chi connectivity index (χ3v) is 5.47. The predicted octanol–water partition coefficient (Wildman–Crippen LogP) is 4.99. The maximum absolute atomic E-state index is 2.50. The summed E-state index contributed by atoms with van der Waals surface area (Å²) >= 11 is 0. The molecule has 15 heavy (non-hydrogen) atoms. The van der Waals surface area contributed by atoms with Crippen LogP contribution >= 0.6 is 0 Å². The van der Waals surface area contributed by atoms with Crippen LogP contribution in [0.2, 0.25) is 0 Å². The van der Waals surface area contributed by atoms with Crippen molar-refractivity contribution in [3.63, 3.8) is 0 Å². The van der Waals surface area contributed by atoms with Gasteiger partial charge in [-0.25, -0.2) is 0 Å². The van der Waals surface area contributed by atoms with Crippen molar-refractivity contribution in [3.8, 4) is 0 Å². The van der Waals surface area contributed by atoms with Crippen LogP contribution in [-0.2, 0) is 0 Å². The lowest BCUT2D eigenvalue weighted by atomic mass is 9.41. The molecule has 0 aromatic carbocycles. The van der Waals surface area contributed by atoms with E-state index in [9.17, 15) is 0 Å². The van der Waals surface area contributed by atoms with E-state index in [2.05, 4.69) is 41.5 Å². The number of hydrogen-bond acceptors (Lipinski definition) is 0. The van der Waals surface area contributed by atoms with Crippen molar-refractivity contribution in [1.82, 2.24) is 0 Å². The second kappa shape index (κ2) is 3.50. The average molecular weight is 210 g/mol. The molecule has 0 radical (unpaired) electrons. The van der Waals surface area contributed by atoms with E-state index >= 15 is 0 Å². The Kier molecular flexibility index (Phi) is 3.05. The van der Waals surface area contributed by atoms with E-state index in [0.29, 0.717) is 10.8 Å². The molecule has 0 aromatic heterocycles. The first-order valence-electron chi connectivity index (χ1n) is 6.24. The summed E-state index contributed by atoms with van der Waals surface area (Å²) in [6, 6.07) is 0. The van der Waals surface area contributed by atoms with Gasteiger partial charge in [-0.1, -0.05) is 49.0 Å². The highest BCUT2D eigenvalue weighted by Crippen LogP contribution is 2.65. The highest BCUT2D eigenvalue weighted by atomic mass is 14.6. The van der Waals surface area contributed by atoms with E-state index < -0.39 is 0 Å². The van der Waals surface area contributed by atoms with Gasteiger partial charge in [0.05, 0.1) is 0 Å². The van der Waals surface area contributed by atoms with Gasteiger partial charge >= 0.3 is 0 Å². The summed E-state index contributed by atoms with van der Waals surface area (Å²) in [4.78, 5) is 0. The lowest BCUT2D eigenvalue weighted by Crippen LogP contribution is -2.57. The zero-order valence-electron chi connectivity index (χ0n) is 10.7. The van der Waals surface area contributed by atoms with Crippen molar-refractivity contribution < 1.29 is 0 Å². The molecule has 0 amide bonds. The van der Waals surface area contributed by atoms with Gasteiger partial charge < -0.3 is 0 Å². The molecule has 0 aliphatic heterocycles. The Labute approximate surface area is 96.8 Å². The summed E-state index contributed by atoms with van der Waals surface area (Å²) in [6.45, 7) is 14.7. The van der Waals surface area contributed by atoms with E-state index in [1.165, 1.54) is 12.8 Å². The minimum Gasteiger partial charge on any atom is -0.0776 e. The van der Waals surface area contributed by atoms with Crippen LogP contribution in [0, 0.1) is 34.5 Å². The molecule has 0 nitrogen and oxygen atoms in total. The molecule has 3 aliphatic carbocycles. The summed E-state index contributed by atoms with van der Waals surface area (Å²) in [6.07, 6.45) is 2.99. The van der Waals surface area contributed by atoms with Crippen LogP contribution in [-0.4, -0.2) is 0 Å². The molecule has 0 N–H and O–H groups in total. The molecule has 3 aliphatic rings. The molecule has 0 heterocycles. The van der Waals surface area contributed by atoms with Crippen molar-refractivity contribution in [2.24, 2.45) is 34.5 Å². The Morgan fingerprint density at radius 3 is 1.93 bits per heavy atom. The minimum atomic E-state index is 0. The molecule has 4 unspecified atom stereocenters. The normalized spacial score (nSPS) is 42.8. The van der Waals surface area contributed by atoms with E-state index in [4.69, 9.17) is 0 Å². The van der Waals surface area contributed by atoms with Crippen LogP contribution in [0.5, 0.6) is 0 Å². The summed E-state index contributed by atoms with van der Waals surface area (Å²) in [5, 5.41) is 0. The van der Waals surface area contributed by atoms with Crippen molar-refractivity contribution in [2.75, 3.05) is 0 Å². The van der Waals surface area contributed by atoms with Crippen molar-refractivity contribution >= 4 is 0 Å². The lowest BCUT2D eigenvalue weighted by molar-refractivity contribution is -0.150. The summed E-state index contributed by atoms with van der Waals surface area (Å²) in [5.41, 5.74) is 1.17. The minimum absolute atomic E-state index is 0. The highest BCUT2D eigenvalue weighted by Gasteiger charge is 2.57. The van der Waals surface area contributed by atoms with Crippen LogP contribution in [0.4, 0.5) is 0 Å². The first-order valence-corrected chi connectivity index (χ1v) is 6.24. The number of fused-ring (bicyclic) bond motifs is 2. The molecule has 90 valence electrons. The maximum Gasteiger partial charge on any atom is -0.0295 e. The Morgan fingerprint density at radius 2 is 1.60 bits per heavy atom. The second-order valence-electron chi connectivity index (χ2n) is 7.43. The van der Waals surface area contributed by atoms with Crippen LogP contribution in [0.15, 0.2) is 0 Å². The molecule has 3 fully saturated rings. The van der Waals surface area contributed by atoms with Gasteiger partial charge in [0, 0.05) is 0 Å². The largest absolute Gasteiger partial charge is 0.0776 e. The van der Waals surface area contributed by atoms with Gasteiger partial charge in [-0.15, -0.1) is 0 Å². The fraction of sp³-hybridized carbons (Fsp3) is 1.00. The molecule has 3 saturated carbocycles. The molecule has 4 atom stereocenters. The third-order valence-electron chi connectivity index (χ3n) is 5.47. The summed E-state index contributed by atoms with van der Waals surface area (Å²) < 4.78 is 0. The molecule has 0 spiro atoms. The van der Waals surface area contributed by atoms with E-state index in [-0.39, 0.29) is 7.43 Å². The second-order valence-corrected chi connectivity index (χ2v) is 7.43.